The molecule has 5 nitrogen and oxygen atoms in total. The summed E-state index contributed by atoms with van der Waals surface area (Å²) in [5.41, 5.74) is 0.799. The maximum absolute atomic E-state index is 11.2. The van der Waals surface area contributed by atoms with Gasteiger partial charge < -0.3 is 14.5 Å². The predicted octanol–water partition coefficient (Wildman–Crippen LogP) is 0.999. The first-order valence-electron chi connectivity index (χ1n) is 6.06. The van der Waals surface area contributed by atoms with Crippen molar-refractivity contribution in [3.05, 3.63) is 11.1 Å². The van der Waals surface area contributed by atoms with E-state index in [1.165, 1.54) is 7.11 Å². The highest BCUT2D eigenvalue weighted by atomic mass is 32.1. The molecule has 1 saturated heterocycles. The number of hydrogen-bond acceptors (Lipinski definition) is 6. The van der Waals surface area contributed by atoms with Crippen molar-refractivity contribution in [3.8, 4) is 0 Å². The zero-order valence-corrected chi connectivity index (χ0v) is 11.9. The van der Waals surface area contributed by atoms with Crippen molar-refractivity contribution in [2.75, 3.05) is 38.7 Å². The minimum absolute atomic E-state index is 0.238. The third kappa shape index (κ3) is 3.00. The number of thiazole rings is 1. The Bertz CT molecular complexity index is 421. The van der Waals surface area contributed by atoms with Crippen LogP contribution in [0.4, 0.5) is 5.13 Å². The van der Waals surface area contributed by atoms with Crippen LogP contribution < -0.4 is 4.90 Å². The molecule has 1 aromatic rings. The van der Waals surface area contributed by atoms with E-state index < -0.39 is 0 Å². The summed E-state index contributed by atoms with van der Waals surface area (Å²) in [6.07, 6.45) is 0.259. The van der Waals surface area contributed by atoms with Crippen molar-refractivity contribution in [2.24, 2.45) is 0 Å². The molecule has 1 unspecified atom stereocenters. The summed E-state index contributed by atoms with van der Waals surface area (Å²) >= 11 is 1.60. The Kier molecular flexibility index (Phi) is 4.19. The van der Waals surface area contributed by atoms with Crippen molar-refractivity contribution in [1.29, 1.82) is 0 Å². The van der Waals surface area contributed by atoms with Crippen LogP contribution in [0.2, 0.25) is 0 Å². The molecule has 2 heterocycles. The number of nitrogens with zero attached hydrogens (tertiary/aromatic N) is 3. The van der Waals surface area contributed by atoms with Gasteiger partial charge in [0.2, 0.25) is 0 Å². The summed E-state index contributed by atoms with van der Waals surface area (Å²) in [5.74, 6) is -0.238. The van der Waals surface area contributed by atoms with Crippen molar-refractivity contribution in [2.45, 2.75) is 19.4 Å². The Labute approximate surface area is 111 Å². The summed E-state index contributed by atoms with van der Waals surface area (Å²) in [5, 5.41) is 2.95. The first-order chi connectivity index (χ1) is 8.60. The molecule has 0 amide bonds. The Balaban J connectivity index is 2.03. The number of methoxy groups -OCH3 is 1. The highest BCUT2D eigenvalue weighted by molar-refractivity contribution is 7.13. The Morgan fingerprint density at radius 3 is 3.06 bits per heavy atom. The van der Waals surface area contributed by atoms with Gasteiger partial charge >= 0.3 is 5.97 Å². The maximum Gasteiger partial charge on any atom is 0.311 e. The number of aromatic nitrogens is 1. The van der Waals surface area contributed by atoms with Crippen LogP contribution in [0.1, 0.15) is 12.6 Å². The Morgan fingerprint density at radius 2 is 2.39 bits per heavy atom. The van der Waals surface area contributed by atoms with Crippen LogP contribution in [0.3, 0.4) is 0 Å². The number of rotatable bonds is 3. The Morgan fingerprint density at radius 1 is 1.61 bits per heavy atom. The van der Waals surface area contributed by atoms with Crippen molar-refractivity contribution >= 4 is 22.4 Å². The number of anilines is 1. The van der Waals surface area contributed by atoms with Crippen LogP contribution in [0.5, 0.6) is 0 Å². The van der Waals surface area contributed by atoms with Gasteiger partial charge in [0.1, 0.15) is 0 Å². The molecule has 1 atom stereocenters. The monoisotopic (exact) mass is 269 g/mol. The fourth-order valence-corrected chi connectivity index (χ4v) is 3.11. The van der Waals surface area contributed by atoms with Gasteiger partial charge in [-0.3, -0.25) is 4.79 Å². The highest BCUT2D eigenvalue weighted by Gasteiger charge is 2.24. The zero-order chi connectivity index (χ0) is 13.1. The van der Waals surface area contributed by atoms with Gasteiger partial charge in [0, 0.05) is 31.1 Å². The molecule has 1 fully saturated rings. The van der Waals surface area contributed by atoms with Crippen molar-refractivity contribution in [1.82, 2.24) is 9.88 Å². The summed E-state index contributed by atoms with van der Waals surface area (Å²) in [7, 11) is 3.54. The summed E-state index contributed by atoms with van der Waals surface area (Å²) in [6.45, 7) is 5.29. The molecule has 0 N–H and O–H groups in total. The third-order valence-electron chi connectivity index (χ3n) is 3.17. The minimum Gasteiger partial charge on any atom is -0.469 e. The van der Waals surface area contributed by atoms with E-state index in [0.717, 1.165) is 30.5 Å². The van der Waals surface area contributed by atoms with Crippen LogP contribution in [-0.2, 0) is 16.0 Å². The van der Waals surface area contributed by atoms with Crippen LogP contribution in [0.15, 0.2) is 5.38 Å². The number of esters is 1. The number of hydrogen-bond donors (Lipinski definition) is 0. The summed E-state index contributed by atoms with van der Waals surface area (Å²) in [6, 6.07) is 0.459. The molecule has 18 heavy (non-hydrogen) atoms. The Hall–Kier alpha value is -1.14. The topological polar surface area (TPSA) is 45.7 Å². The lowest BCUT2D eigenvalue weighted by Gasteiger charge is -2.38. The normalized spacial score (nSPS) is 21.1. The molecule has 0 spiro atoms. The lowest BCUT2D eigenvalue weighted by atomic mass is 10.2. The zero-order valence-electron chi connectivity index (χ0n) is 11.0. The summed E-state index contributed by atoms with van der Waals surface area (Å²) in [4.78, 5) is 20.4. The number of ether oxygens (including phenoxy) is 1. The molecule has 1 aromatic heterocycles. The van der Waals surface area contributed by atoms with E-state index in [1.54, 1.807) is 11.3 Å². The van der Waals surface area contributed by atoms with E-state index in [4.69, 9.17) is 0 Å². The molecule has 0 saturated carbocycles. The fraction of sp³-hybridized carbons (Fsp3) is 0.667. The molecular formula is C12H19N3O2S. The van der Waals surface area contributed by atoms with Gasteiger partial charge in [0.25, 0.3) is 0 Å². The summed E-state index contributed by atoms with van der Waals surface area (Å²) < 4.78 is 4.65. The van der Waals surface area contributed by atoms with E-state index in [1.807, 2.05) is 5.38 Å². The van der Waals surface area contributed by atoms with E-state index >= 15 is 0 Å². The van der Waals surface area contributed by atoms with Crippen LogP contribution in [-0.4, -0.2) is 55.7 Å². The molecule has 0 aliphatic carbocycles. The van der Waals surface area contributed by atoms with Crippen LogP contribution >= 0.6 is 11.3 Å². The van der Waals surface area contributed by atoms with Gasteiger partial charge in [0.05, 0.1) is 19.2 Å². The number of piperazine rings is 1. The molecule has 1 aliphatic rings. The van der Waals surface area contributed by atoms with Gasteiger partial charge in [0.15, 0.2) is 5.13 Å². The lowest BCUT2D eigenvalue weighted by Crippen LogP contribution is -2.50. The van der Waals surface area contributed by atoms with E-state index in [2.05, 4.69) is 33.5 Å². The van der Waals surface area contributed by atoms with Gasteiger partial charge in [-0.05, 0) is 14.0 Å². The van der Waals surface area contributed by atoms with Gasteiger partial charge in [-0.25, -0.2) is 4.98 Å². The van der Waals surface area contributed by atoms with Crippen LogP contribution in [0.25, 0.3) is 0 Å². The maximum atomic E-state index is 11.2. The minimum atomic E-state index is -0.238. The van der Waals surface area contributed by atoms with Gasteiger partial charge in [-0.15, -0.1) is 11.3 Å². The second-order valence-electron chi connectivity index (χ2n) is 4.68. The van der Waals surface area contributed by atoms with Crippen molar-refractivity contribution < 1.29 is 9.53 Å². The molecule has 0 bridgehead atoms. The number of carbonyl (C=O) groups excluding carboxylic acids is 1. The van der Waals surface area contributed by atoms with E-state index in [-0.39, 0.29) is 12.4 Å². The van der Waals surface area contributed by atoms with E-state index in [0.29, 0.717) is 6.04 Å². The fourth-order valence-electron chi connectivity index (χ4n) is 2.15. The second-order valence-corrected chi connectivity index (χ2v) is 5.52. The lowest BCUT2D eigenvalue weighted by molar-refractivity contribution is -0.139. The quantitative estimate of drug-likeness (QED) is 0.766. The average Bonchev–Trinajstić information content (AvgIpc) is 2.77. The molecule has 6 heteroatoms. The largest absolute Gasteiger partial charge is 0.469 e. The molecule has 0 radical (unpaired) electrons. The van der Waals surface area contributed by atoms with E-state index in [9.17, 15) is 4.79 Å². The van der Waals surface area contributed by atoms with Gasteiger partial charge in [-0.1, -0.05) is 0 Å². The first kappa shape index (κ1) is 13.3. The SMILES string of the molecule is COC(=O)Cc1csc(N2CCN(C)CC2C)n1. The predicted molar refractivity (Wildman–Crippen MR) is 72.1 cm³/mol. The highest BCUT2D eigenvalue weighted by Crippen LogP contribution is 2.24. The third-order valence-corrected chi connectivity index (χ3v) is 4.10. The molecule has 1 aliphatic heterocycles. The molecular weight excluding hydrogens is 250 g/mol. The molecule has 0 aromatic carbocycles. The number of carbonyl (C=O) groups is 1. The number of likely N-dealkylation sites (N-methyl/N-ethyl adjacent to an activating group) is 1. The van der Waals surface area contributed by atoms with Crippen LogP contribution in [0, 0.1) is 0 Å². The second kappa shape index (κ2) is 5.67. The standard InChI is InChI=1S/C12H19N3O2S/c1-9-7-14(2)4-5-15(9)12-13-10(8-18-12)6-11(16)17-3/h8-9H,4-7H2,1-3H3. The van der Waals surface area contributed by atoms with Crippen molar-refractivity contribution in [3.63, 3.8) is 0 Å². The molecule has 100 valence electrons. The van der Waals surface area contributed by atoms with Gasteiger partial charge in [-0.2, -0.15) is 0 Å². The smallest absolute Gasteiger partial charge is 0.311 e. The average molecular weight is 269 g/mol. The first-order valence-corrected chi connectivity index (χ1v) is 6.94. The molecule has 2 rings (SSSR count).